The van der Waals surface area contributed by atoms with Crippen LogP contribution in [0.2, 0.25) is 0 Å². The topological polar surface area (TPSA) is 111 Å². The van der Waals surface area contributed by atoms with Crippen molar-refractivity contribution in [2.45, 2.75) is 17.4 Å². The molecule has 2 aromatic rings. The van der Waals surface area contributed by atoms with E-state index in [0.717, 1.165) is 10.8 Å². The van der Waals surface area contributed by atoms with Gasteiger partial charge < -0.3 is 14.9 Å². The van der Waals surface area contributed by atoms with Crippen molar-refractivity contribution >= 4 is 27.5 Å². The molecule has 1 aliphatic rings. The van der Waals surface area contributed by atoms with E-state index in [1.54, 1.807) is 24.5 Å². The number of aromatic nitrogens is 1. The number of carbonyl (C=O) groups is 2. The van der Waals surface area contributed by atoms with Gasteiger partial charge in [0.05, 0.1) is 16.5 Å². The van der Waals surface area contributed by atoms with E-state index < -0.39 is 27.8 Å². The molecule has 0 bridgehead atoms. The third-order valence-electron chi connectivity index (χ3n) is 5.47. The zero-order valence-electron chi connectivity index (χ0n) is 19.1. The minimum atomic E-state index is -3.64. The van der Waals surface area contributed by atoms with Gasteiger partial charge in [0.15, 0.2) is 0 Å². The quantitative estimate of drug-likeness (QED) is 0.354. The molecule has 1 amide bonds. The molecule has 3 rings (SSSR count). The molecule has 9 nitrogen and oxygen atoms in total. The Kier molecular flexibility index (Phi) is 7.31. The van der Waals surface area contributed by atoms with Crippen LogP contribution in [0.3, 0.4) is 0 Å². The third-order valence-corrected chi connectivity index (χ3v) is 7.30. The summed E-state index contributed by atoms with van der Waals surface area (Å²) >= 11 is 0. The van der Waals surface area contributed by atoms with Crippen LogP contribution in [0.15, 0.2) is 59.3 Å². The largest absolute Gasteiger partial charge is 0.507 e. The molecular weight excluding hydrogens is 444 g/mol. The van der Waals surface area contributed by atoms with Crippen LogP contribution in [-0.4, -0.2) is 85.6 Å². The minimum absolute atomic E-state index is 0.0285. The average Bonchev–Trinajstić information content (AvgIpc) is 3.04. The Balaban J connectivity index is 2.06. The summed E-state index contributed by atoms with van der Waals surface area (Å²) in [6.07, 6.45) is 3.78. The number of sulfonamides is 1. The molecule has 1 saturated heterocycles. The molecule has 0 aliphatic carbocycles. The standard InChI is InChI=1S/C23H28N4O5S/c1-25(2)14-5-15-27-20(16-10-12-24-13-11-16)19(22(29)23(27)30)21(28)17-6-8-18(9-7-17)33(31,32)26(3)4/h6-13,20,28H,5,14-15H2,1-4H3/t20-/m1/s1. The Morgan fingerprint density at radius 3 is 2.18 bits per heavy atom. The number of carbonyl (C=O) groups excluding carboxylic acids is 2. The van der Waals surface area contributed by atoms with Gasteiger partial charge in [-0.25, -0.2) is 12.7 Å². The summed E-state index contributed by atoms with van der Waals surface area (Å²) in [4.78, 5) is 33.4. The summed E-state index contributed by atoms with van der Waals surface area (Å²) in [7, 11) is 3.06. The van der Waals surface area contributed by atoms with Crippen LogP contribution in [0.5, 0.6) is 0 Å². The molecule has 1 aromatic heterocycles. The molecule has 0 unspecified atom stereocenters. The van der Waals surface area contributed by atoms with E-state index in [0.29, 0.717) is 18.5 Å². The number of aliphatic hydroxyl groups is 1. The van der Waals surface area contributed by atoms with Gasteiger partial charge in [-0.05, 0) is 69.0 Å². The molecule has 0 spiro atoms. The molecule has 0 radical (unpaired) electrons. The Bertz CT molecular complexity index is 1160. The van der Waals surface area contributed by atoms with Gasteiger partial charge in [-0.3, -0.25) is 14.6 Å². The number of ketones is 1. The molecule has 10 heteroatoms. The number of pyridine rings is 1. The lowest BCUT2D eigenvalue weighted by molar-refractivity contribution is -0.139. The number of benzene rings is 1. The fourth-order valence-corrected chi connectivity index (χ4v) is 4.61. The highest BCUT2D eigenvalue weighted by molar-refractivity contribution is 7.89. The first-order chi connectivity index (χ1) is 15.6. The highest BCUT2D eigenvalue weighted by atomic mass is 32.2. The van der Waals surface area contributed by atoms with Gasteiger partial charge in [0.25, 0.3) is 11.7 Å². The zero-order chi connectivity index (χ0) is 24.3. The van der Waals surface area contributed by atoms with Gasteiger partial charge in [-0.15, -0.1) is 0 Å². The number of rotatable bonds is 8. The normalized spacial score (nSPS) is 18.5. The van der Waals surface area contributed by atoms with Crippen LogP contribution in [0.1, 0.15) is 23.6 Å². The highest BCUT2D eigenvalue weighted by Gasteiger charge is 2.45. The number of aliphatic hydroxyl groups excluding tert-OH is 1. The van der Waals surface area contributed by atoms with Crippen molar-refractivity contribution in [2.24, 2.45) is 0 Å². The number of amides is 1. The van der Waals surface area contributed by atoms with Crippen molar-refractivity contribution < 1.29 is 23.1 Å². The summed E-state index contributed by atoms with van der Waals surface area (Å²) in [5.74, 6) is -1.80. The summed E-state index contributed by atoms with van der Waals surface area (Å²) in [6.45, 7) is 1.07. The van der Waals surface area contributed by atoms with Crippen molar-refractivity contribution in [3.63, 3.8) is 0 Å². The first-order valence-electron chi connectivity index (χ1n) is 10.4. The second kappa shape index (κ2) is 9.82. The number of nitrogens with zero attached hydrogens (tertiary/aromatic N) is 4. The summed E-state index contributed by atoms with van der Waals surface area (Å²) < 4.78 is 25.7. The number of hydrogen-bond donors (Lipinski definition) is 1. The van der Waals surface area contributed by atoms with Crippen molar-refractivity contribution in [1.29, 1.82) is 0 Å². The maximum Gasteiger partial charge on any atom is 0.295 e. The first-order valence-corrected chi connectivity index (χ1v) is 11.9. The van der Waals surface area contributed by atoms with Gasteiger partial charge >= 0.3 is 0 Å². The SMILES string of the molecule is CN(C)CCCN1C(=O)C(=O)C(=C(O)c2ccc(S(=O)(=O)N(C)C)cc2)[C@H]1c1ccncc1. The minimum Gasteiger partial charge on any atom is -0.507 e. The predicted octanol–water partition coefficient (Wildman–Crippen LogP) is 1.71. The van der Waals surface area contributed by atoms with Gasteiger partial charge in [0.2, 0.25) is 10.0 Å². The molecule has 1 atom stereocenters. The van der Waals surface area contributed by atoms with E-state index in [4.69, 9.17) is 0 Å². The third kappa shape index (κ3) is 4.97. The monoisotopic (exact) mass is 472 g/mol. The van der Waals surface area contributed by atoms with E-state index in [2.05, 4.69) is 4.98 Å². The summed E-state index contributed by atoms with van der Waals surface area (Å²) in [5.41, 5.74) is 0.875. The lowest BCUT2D eigenvalue weighted by atomic mass is 9.96. The molecule has 176 valence electrons. The Hall–Kier alpha value is -3.08. The number of likely N-dealkylation sites (tertiary alicyclic amines) is 1. The van der Waals surface area contributed by atoms with E-state index >= 15 is 0 Å². The highest BCUT2D eigenvalue weighted by Crippen LogP contribution is 2.39. The van der Waals surface area contributed by atoms with E-state index in [-0.39, 0.29) is 21.8 Å². The molecule has 33 heavy (non-hydrogen) atoms. The van der Waals surface area contributed by atoms with Gasteiger partial charge in [0, 0.05) is 38.6 Å². The van der Waals surface area contributed by atoms with Crippen molar-refractivity contribution in [1.82, 2.24) is 19.1 Å². The zero-order valence-corrected chi connectivity index (χ0v) is 19.9. The molecule has 1 fully saturated rings. The molecule has 1 aromatic carbocycles. The summed E-state index contributed by atoms with van der Waals surface area (Å²) in [6, 6.07) is 8.22. The first kappa shape index (κ1) is 24.6. The molecule has 1 N–H and O–H groups in total. The smallest absolute Gasteiger partial charge is 0.295 e. The molecular formula is C23H28N4O5S. The second-order valence-corrected chi connectivity index (χ2v) is 10.4. The van der Waals surface area contributed by atoms with Crippen LogP contribution in [0.4, 0.5) is 0 Å². The lowest BCUT2D eigenvalue weighted by Crippen LogP contribution is -2.32. The van der Waals surface area contributed by atoms with Crippen LogP contribution in [0, 0.1) is 0 Å². The van der Waals surface area contributed by atoms with Crippen LogP contribution < -0.4 is 0 Å². The van der Waals surface area contributed by atoms with E-state index in [1.807, 2.05) is 19.0 Å². The molecule has 2 heterocycles. The van der Waals surface area contributed by atoms with Crippen LogP contribution in [0.25, 0.3) is 5.76 Å². The molecule has 1 aliphatic heterocycles. The number of Topliss-reactive ketones (excluding diaryl/α,β-unsaturated/α-hetero) is 1. The van der Waals surface area contributed by atoms with Crippen molar-refractivity contribution in [2.75, 3.05) is 41.3 Å². The Morgan fingerprint density at radius 2 is 1.64 bits per heavy atom. The average molecular weight is 473 g/mol. The molecule has 0 saturated carbocycles. The maximum absolute atomic E-state index is 13.0. The number of hydrogen-bond acceptors (Lipinski definition) is 7. The van der Waals surface area contributed by atoms with Gasteiger partial charge in [-0.1, -0.05) is 0 Å². The van der Waals surface area contributed by atoms with Gasteiger partial charge in [0.1, 0.15) is 5.76 Å². The van der Waals surface area contributed by atoms with Crippen LogP contribution >= 0.6 is 0 Å². The second-order valence-electron chi connectivity index (χ2n) is 8.24. The van der Waals surface area contributed by atoms with Gasteiger partial charge in [-0.2, -0.15) is 0 Å². The van der Waals surface area contributed by atoms with Crippen molar-refractivity contribution in [3.05, 3.63) is 65.5 Å². The predicted molar refractivity (Wildman–Crippen MR) is 124 cm³/mol. The van der Waals surface area contributed by atoms with Crippen LogP contribution in [-0.2, 0) is 19.6 Å². The summed E-state index contributed by atoms with van der Waals surface area (Å²) in [5, 5.41) is 11.1. The van der Waals surface area contributed by atoms with Crippen molar-refractivity contribution in [3.8, 4) is 0 Å². The maximum atomic E-state index is 13.0. The lowest BCUT2D eigenvalue weighted by Gasteiger charge is -2.25. The fraction of sp³-hybridized carbons (Fsp3) is 0.348. The van der Waals surface area contributed by atoms with E-state index in [1.165, 1.54) is 43.3 Å². The Morgan fingerprint density at radius 1 is 1.03 bits per heavy atom. The van der Waals surface area contributed by atoms with E-state index in [9.17, 15) is 23.1 Å². The fourth-order valence-electron chi connectivity index (χ4n) is 3.71. The Labute approximate surface area is 194 Å².